The molecule has 6 nitrogen and oxygen atoms in total. The molecular weight excluding hydrogens is 297 g/mol. The lowest BCUT2D eigenvalue weighted by molar-refractivity contribution is -0.137. The number of rotatable bonds is 6. The van der Waals surface area contributed by atoms with Gasteiger partial charge in [0, 0.05) is 13.1 Å². The number of halogens is 3. The van der Waals surface area contributed by atoms with Crippen LogP contribution in [0.3, 0.4) is 0 Å². The van der Waals surface area contributed by atoms with Gasteiger partial charge < -0.3 is 11.1 Å². The van der Waals surface area contributed by atoms with Crippen LogP contribution in [0.2, 0.25) is 0 Å². The fraction of sp³-hybridized carbons (Fsp3) is 0.500. The summed E-state index contributed by atoms with van der Waals surface area (Å²) < 4.78 is 61.4. The molecule has 0 aliphatic carbocycles. The predicted molar refractivity (Wildman–Crippen MR) is 69.6 cm³/mol. The van der Waals surface area contributed by atoms with Gasteiger partial charge in [-0.1, -0.05) is 0 Å². The Balaban J connectivity index is 2.54. The van der Waals surface area contributed by atoms with Crippen LogP contribution in [-0.4, -0.2) is 32.7 Å². The second-order valence-electron chi connectivity index (χ2n) is 4.11. The first-order valence-electron chi connectivity index (χ1n) is 5.61. The van der Waals surface area contributed by atoms with Crippen LogP contribution in [0.5, 0.6) is 0 Å². The van der Waals surface area contributed by atoms with Crippen LogP contribution < -0.4 is 15.8 Å². The minimum Gasteiger partial charge on any atom is -0.384 e. The van der Waals surface area contributed by atoms with Crippen LogP contribution in [0, 0.1) is 0 Å². The molecule has 10 heteroatoms. The van der Waals surface area contributed by atoms with E-state index in [1.807, 2.05) is 0 Å². The van der Waals surface area contributed by atoms with Crippen molar-refractivity contribution >= 4 is 21.7 Å². The number of nitrogen functional groups attached to an aromatic ring is 1. The maximum atomic E-state index is 12.5. The molecule has 4 N–H and O–H groups in total. The second kappa shape index (κ2) is 6.27. The molecule has 0 amide bonds. The van der Waals surface area contributed by atoms with Crippen LogP contribution >= 0.6 is 0 Å². The lowest BCUT2D eigenvalue weighted by Crippen LogP contribution is -2.24. The fourth-order valence-electron chi connectivity index (χ4n) is 1.37. The first-order valence-corrected chi connectivity index (χ1v) is 7.50. The minimum atomic E-state index is -4.49. The molecular formula is C10H15F3N4O2S. The van der Waals surface area contributed by atoms with Gasteiger partial charge in [0.15, 0.2) is 0 Å². The van der Waals surface area contributed by atoms with Crippen molar-refractivity contribution in [2.24, 2.45) is 0 Å². The Morgan fingerprint density at radius 2 is 1.95 bits per heavy atom. The normalized spacial score (nSPS) is 12.4. The van der Waals surface area contributed by atoms with Crippen LogP contribution in [0.15, 0.2) is 12.1 Å². The summed E-state index contributed by atoms with van der Waals surface area (Å²) in [6.07, 6.45) is -3.08. The van der Waals surface area contributed by atoms with Gasteiger partial charge in [-0.15, -0.1) is 0 Å². The van der Waals surface area contributed by atoms with Gasteiger partial charge in [0.2, 0.25) is 10.0 Å². The number of alkyl halides is 3. The molecule has 0 aliphatic rings. The van der Waals surface area contributed by atoms with Crippen molar-refractivity contribution in [2.75, 3.05) is 30.4 Å². The molecule has 20 heavy (non-hydrogen) atoms. The van der Waals surface area contributed by atoms with Crippen molar-refractivity contribution in [3.05, 3.63) is 17.7 Å². The maximum Gasteiger partial charge on any atom is 0.416 e. The molecule has 0 atom stereocenters. The van der Waals surface area contributed by atoms with E-state index in [4.69, 9.17) is 5.73 Å². The van der Waals surface area contributed by atoms with Crippen molar-refractivity contribution in [3.63, 3.8) is 0 Å². The first kappa shape index (κ1) is 16.5. The van der Waals surface area contributed by atoms with Gasteiger partial charge in [0.05, 0.1) is 11.8 Å². The highest BCUT2D eigenvalue weighted by Crippen LogP contribution is 2.31. The average molecular weight is 312 g/mol. The summed E-state index contributed by atoms with van der Waals surface area (Å²) in [6.45, 7) is 0.441. The number of nitrogens with one attached hydrogen (secondary N) is 2. The summed E-state index contributed by atoms with van der Waals surface area (Å²) in [4.78, 5) is 3.72. The number of anilines is 2. The Hall–Kier alpha value is -1.55. The molecule has 0 radical (unpaired) electrons. The van der Waals surface area contributed by atoms with Crippen molar-refractivity contribution in [1.82, 2.24) is 9.71 Å². The number of nitrogens with two attached hydrogens (primary N) is 1. The molecule has 1 aromatic heterocycles. The molecule has 0 saturated heterocycles. The third-order valence-corrected chi connectivity index (χ3v) is 2.92. The van der Waals surface area contributed by atoms with Crippen LogP contribution in [0.1, 0.15) is 12.0 Å². The summed E-state index contributed by atoms with van der Waals surface area (Å²) in [5, 5.41) is 2.66. The minimum absolute atomic E-state index is 0.00307. The Bertz CT molecular complexity index is 560. The number of hydrogen-bond acceptors (Lipinski definition) is 5. The molecule has 0 aromatic carbocycles. The third kappa shape index (κ3) is 6.06. The van der Waals surface area contributed by atoms with Crippen molar-refractivity contribution < 1.29 is 21.6 Å². The van der Waals surface area contributed by atoms with E-state index in [2.05, 4.69) is 15.0 Å². The van der Waals surface area contributed by atoms with E-state index in [0.29, 0.717) is 6.42 Å². The van der Waals surface area contributed by atoms with Gasteiger partial charge in [-0.05, 0) is 18.6 Å². The quantitative estimate of drug-likeness (QED) is 0.682. The SMILES string of the molecule is CS(=O)(=O)NCCCNc1cc(C(F)(F)F)cc(N)n1. The van der Waals surface area contributed by atoms with E-state index in [9.17, 15) is 21.6 Å². The molecule has 1 heterocycles. The smallest absolute Gasteiger partial charge is 0.384 e. The summed E-state index contributed by atoms with van der Waals surface area (Å²) >= 11 is 0. The number of pyridine rings is 1. The van der Waals surface area contributed by atoms with E-state index >= 15 is 0 Å². The monoisotopic (exact) mass is 312 g/mol. The van der Waals surface area contributed by atoms with Gasteiger partial charge in [-0.2, -0.15) is 13.2 Å². The van der Waals surface area contributed by atoms with Crippen LogP contribution in [0.25, 0.3) is 0 Å². The van der Waals surface area contributed by atoms with E-state index < -0.39 is 21.8 Å². The Kier molecular flexibility index (Phi) is 5.17. The highest BCUT2D eigenvalue weighted by Gasteiger charge is 2.31. The summed E-state index contributed by atoms with van der Waals surface area (Å²) in [6, 6.07) is 1.59. The van der Waals surface area contributed by atoms with E-state index in [1.165, 1.54) is 0 Å². The fourth-order valence-corrected chi connectivity index (χ4v) is 1.88. The van der Waals surface area contributed by atoms with Gasteiger partial charge in [-0.3, -0.25) is 0 Å². The Morgan fingerprint density at radius 1 is 1.30 bits per heavy atom. The Morgan fingerprint density at radius 3 is 2.50 bits per heavy atom. The van der Waals surface area contributed by atoms with Crippen LogP contribution in [-0.2, 0) is 16.2 Å². The molecule has 0 unspecified atom stereocenters. The lowest BCUT2D eigenvalue weighted by atomic mass is 10.2. The molecule has 114 valence electrons. The number of hydrogen-bond donors (Lipinski definition) is 3. The largest absolute Gasteiger partial charge is 0.416 e. The third-order valence-electron chi connectivity index (χ3n) is 2.20. The number of aromatic nitrogens is 1. The van der Waals surface area contributed by atoms with E-state index in [1.54, 1.807) is 0 Å². The average Bonchev–Trinajstić information content (AvgIpc) is 2.25. The Labute approximate surface area is 114 Å². The number of nitrogens with zero attached hydrogens (tertiary/aromatic N) is 1. The van der Waals surface area contributed by atoms with Gasteiger partial charge in [0.1, 0.15) is 11.6 Å². The topological polar surface area (TPSA) is 97.1 Å². The lowest BCUT2D eigenvalue weighted by Gasteiger charge is -2.11. The molecule has 0 bridgehead atoms. The molecule has 0 saturated carbocycles. The molecule has 0 aliphatic heterocycles. The molecule has 1 aromatic rings. The number of sulfonamides is 1. The molecule has 1 rings (SSSR count). The van der Waals surface area contributed by atoms with Gasteiger partial charge in [-0.25, -0.2) is 18.1 Å². The molecule has 0 spiro atoms. The van der Waals surface area contributed by atoms with Crippen LogP contribution in [0.4, 0.5) is 24.8 Å². The molecule has 0 fully saturated rings. The second-order valence-corrected chi connectivity index (χ2v) is 5.94. The van der Waals surface area contributed by atoms with E-state index in [-0.39, 0.29) is 24.7 Å². The van der Waals surface area contributed by atoms with E-state index in [0.717, 1.165) is 18.4 Å². The standard InChI is InChI=1S/C10H15F3N4O2S/c1-20(18,19)16-4-2-3-15-9-6-7(10(11,12)13)5-8(14)17-9/h5-6,16H,2-4H2,1H3,(H3,14,15,17). The van der Waals surface area contributed by atoms with Crippen molar-refractivity contribution in [2.45, 2.75) is 12.6 Å². The first-order chi connectivity index (χ1) is 9.08. The summed E-state index contributed by atoms with van der Waals surface area (Å²) in [5.74, 6) is -0.242. The predicted octanol–water partition coefficient (Wildman–Crippen LogP) is 1.03. The van der Waals surface area contributed by atoms with Gasteiger partial charge in [0.25, 0.3) is 0 Å². The zero-order valence-corrected chi connectivity index (χ0v) is 11.5. The van der Waals surface area contributed by atoms with Crippen molar-refractivity contribution in [1.29, 1.82) is 0 Å². The maximum absolute atomic E-state index is 12.5. The highest BCUT2D eigenvalue weighted by atomic mass is 32.2. The van der Waals surface area contributed by atoms with Gasteiger partial charge >= 0.3 is 6.18 Å². The van der Waals surface area contributed by atoms with Crippen molar-refractivity contribution in [3.8, 4) is 0 Å². The summed E-state index contributed by atoms with van der Waals surface area (Å²) in [5.41, 5.74) is 4.41. The highest BCUT2D eigenvalue weighted by molar-refractivity contribution is 7.88. The zero-order valence-electron chi connectivity index (χ0n) is 10.7. The summed E-state index contributed by atoms with van der Waals surface area (Å²) in [7, 11) is -3.26. The zero-order chi connectivity index (χ0) is 15.4.